The fourth-order valence-electron chi connectivity index (χ4n) is 2.83. The smallest absolute Gasteiger partial charge is 0.276 e. The van der Waals surface area contributed by atoms with Crippen LogP contribution < -0.4 is 10.3 Å². The number of carbonyl (C=O) groups is 2. The summed E-state index contributed by atoms with van der Waals surface area (Å²) >= 11 is 7.28. The zero-order valence-corrected chi connectivity index (χ0v) is 16.0. The number of Topliss-reactive ketones (excluding diaryl/α,β-unsaturated/α-hetero) is 1. The lowest BCUT2D eigenvalue weighted by atomic mass is 10.1. The normalized spacial score (nSPS) is 18.0. The van der Waals surface area contributed by atoms with Crippen LogP contribution in [0.5, 0.6) is 0 Å². The average Bonchev–Trinajstić information content (AvgIpc) is 3.12. The van der Waals surface area contributed by atoms with Gasteiger partial charge in [-0.2, -0.15) is 5.10 Å². The van der Waals surface area contributed by atoms with E-state index in [-0.39, 0.29) is 23.3 Å². The number of thioether (sulfide) groups is 1. The highest BCUT2D eigenvalue weighted by molar-refractivity contribution is 8.14. The van der Waals surface area contributed by atoms with E-state index in [0.717, 1.165) is 0 Å². The topological polar surface area (TPSA) is 65.0 Å². The maximum Gasteiger partial charge on any atom is 0.276 e. The van der Waals surface area contributed by atoms with Crippen LogP contribution in [0.15, 0.2) is 66.0 Å². The summed E-state index contributed by atoms with van der Waals surface area (Å²) in [7, 11) is 0. The third-order valence-corrected chi connectivity index (χ3v) is 5.54. The number of carbonyl (C=O) groups excluding carboxylic acids is 2. The fraction of sp³-hybridized carbons (Fsp3) is 0.105. The van der Waals surface area contributed by atoms with Gasteiger partial charge in [-0.1, -0.05) is 35.5 Å². The molecule has 0 aliphatic carbocycles. The van der Waals surface area contributed by atoms with Crippen LogP contribution in [0.3, 0.4) is 0 Å². The molecule has 1 N–H and O–H groups in total. The van der Waals surface area contributed by atoms with Gasteiger partial charge in [0.1, 0.15) is 5.82 Å². The Labute approximate surface area is 169 Å². The molecule has 142 valence electrons. The van der Waals surface area contributed by atoms with Crippen molar-refractivity contribution in [2.75, 3.05) is 10.7 Å². The third-order valence-electron chi connectivity index (χ3n) is 4.24. The van der Waals surface area contributed by atoms with Crippen molar-refractivity contribution in [3.05, 3.63) is 77.3 Å². The Bertz CT molecular complexity index is 996. The molecule has 2 aliphatic rings. The molecule has 2 aromatic rings. The van der Waals surface area contributed by atoms with Gasteiger partial charge < -0.3 is 0 Å². The lowest BCUT2D eigenvalue weighted by molar-refractivity contribution is -0.122. The van der Waals surface area contributed by atoms with E-state index in [2.05, 4.69) is 10.5 Å². The van der Waals surface area contributed by atoms with Crippen LogP contribution in [0, 0.1) is 5.82 Å². The van der Waals surface area contributed by atoms with E-state index in [1.54, 1.807) is 41.6 Å². The number of nitrogens with one attached hydrogen (secondary N) is 1. The summed E-state index contributed by atoms with van der Waals surface area (Å²) < 4.78 is 13.1. The predicted molar refractivity (Wildman–Crippen MR) is 107 cm³/mol. The standard InChI is InChI=1S/C19H14ClFN4O2S/c20-15-4-2-1-3-14(15)16(26)11-28-19-23-22-17-18(27)24(9-10-25(17)19)13-7-5-12(21)6-8-13/h1-10,17,22H,11H2. The molecule has 28 heavy (non-hydrogen) atoms. The second-order valence-electron chi connectivity index (χ2n) is 6.01. The Morgan fingerprint density at radius 3 is 2.68 bits per heavy atom. The van der Waals surface area contributed by atoms with Crippen LogP contribution in [-0.4, -0.2) is 33.7 Å². The lowest BCUT2D eigenvalue weighted by Crippen LogP contribution is -2.52. The summed E-state index contributed by atoms with van der Waals surface area (Å²) in [5.74, 6) is -0.618. The Balaban J connectivity index is 1.44. The van der Waals surface area contributed by atoms with Crippen molar-refractivity contribution in [3.8, 4) is 0 Å². The van der Waals surface area contributed by atoms with Gasteiger partial charge in [-0.3, -0.25) is 24.8 Å². The third kappa shape index (κ3) is 3.48. The zero-order valence-electron chi connectivity index (χ0n) is 14.4. The maximum absolute atomic E-state index is 13.1. The summed E-state index contributed by atoms with van der Waals surface area (Å²) in [6, 6.07) is 12.5. The van der Waals surface area contributed by atoms with E-state index in [0.29, 0.717) is 21.4 Å². The van der Waals surface area contributed by atoms with Crippen LogP contribution >= 0.6 is 23.4 Å². The maximum atomic E-state index is 13.1. The number of amidine groups is 1. The van der Waals surface area contributed by atoms with Crippen LogP contribution in [-0.2, 0) is 4.79 Å². The molecule has 9 heteroatoms. The number of halogens is 2. The van der Waals surface area contributed by atoms with Crippen molar-refractivity contribution >= 4 is 45.9 Å². The first kappa shape index (κ1) is 18.5. The number of rotatable bonds is 4. The van der Waals surface area contributed by atoms with Crippen molar-refractivity contribution in [1.29, 1.82) is 0 Å². The molecule has 0 radical (unpaired) electrons. The average molecular weight is 417 g/mol. The number of benzene rings is 2. The summed E-state index contributed by atoms with van der Waals surface area (Å²) in [6.45, 7) is 0. The minimum atomic E-state index is -0.715. The Morgan fingerprint density at radius 1 is 1.18 bits per heavy atom. The summed E-state index contributed by atoms with van der Waals surface area (Å²) in [4.78, 5) is 28.2. The number of hydrogen-bond acceptors (Lipinski definition) is 6. The van der Waals surface area contributed by atoms with Crippen LogP contribution in [0.1, 0.15) is 10.4 Å². The van der Waals surface area contributed by atoms with Crippen LogP contribution in [0.2, 0.25) is 5.02 Å². The van der Waals surface area contributed by atoms with Crippen LogP contribution in [0.25, 0.3) is 0 Å². The summed E-state index contributed by atoms with van der Waals surface area (Å²) in [6.07, 6.45) is 2.57. The first-order valence-corrected chi connectivity index (χ1v) is 9.70. The van der Waals surface area contributed by atoms with E-state index < -0.39 is 6.17 Å². The highest BCUT2D eigenvalue weighted by Crippen LogP contribution is 2.26. The molecule has 1 unspecified atom stereocenters. The minimum absolute atomic E-state index is 0.123. The molecule has 0 aromatic heterocycles. The van der Waals surface area contributed by atoms with Crippen molar-refractivity contribution < 1.29 is 14.0 Å². The first-order valence-electron chi connectivity index (χ1n) is 8.33. The molecule has 0 saturated heterocycles. The first-order chi connectivity index (χ1) is 13.5. The summed E-state index contributed by atoms with van der Waals surface area (Å²) in [5, 5.41) is 5.08. The minimum Gasteiger partial charge on any atom is -0.294 e. The highest BCUT2D eigenvalue weighted by atomic mass is 35.5. The van der Waals surface area contributed by atoms with Crippen LogP contribution in [0.4, 0.5) is 10.1 Å². The number of anilines is 1. The van der Waals surface area contributed by atoms with Crippen molar-refractivity contribution in [3.63, 3.8) is 0 Å². The summed E-state index contributed by atoms with van der Waals surface area (Å²) in [5.41, 5.74) is 3.79. The molecular formula is C19H14ClFN4O2S. The number of hydrogen-bond donors (Lipinski definition) is 1. The van der Waals surface area contributed by atoms with Gasteiger partial charge in [0.2, 0.25) is 6.17 Å². The number of ketones is 1. The Morgan fingerprint density at radius 2 is 1.93 bits per heavy atom. The molecule has 2 heterocycles. The van der Waals surface area contributed by atoms with Gasteiger partial charge in [0, 0.05) is 23.7 Å². The molecule has 1 atom stereocenters. The van der Waals surface area contributed by atoms with Crippen molar-refractivity contribution in [1.82, 2.24) is 10.3 Å². The molecule has 0 fully saturated rings. The molecule has 2 aromatic carbocycles. The number of amides is 1. The number of nitrogens with zero attached hydrogens (tertiary/aromatic N) is 3. The van der Waals surface area contributed by atoms with E-state index in [9.17, 15) is 14.0 Å². The van der Waals surface area contributed by atoms with E-state index in [4.69, 9.17) is 11.6 Å². The van der Waals surface area contributed by atoms with E-state index >= 15 is 0 Å². The quantitative estimate of drug-likeness (QED) is 0.774. The fourth-order valence-corrected chi connectivity index (χ4v) is 3.92. The van der Waals surface area contributed by atoms with Gasteiger partial charge in [-0.05, 0) is 36.4 Å². The molecule has 0 bridgehead atoms. The van der Waals surface area contributed by atoms with Gasteiger partial charge in [-0.25, -0.2) is 4.39 Å². The second kappa shape index (κ2) is 7.65. The van der Waals surface area contributed by atoms with E-state index in [1.807, 2.05) is 0 Å². The molecule has 0 saturated carbocycles. The van der Waals surface area contributed by atoms with Gasteiger partial charge in [0.05, 0.1) is 10.8 Å². The molecule has 6 nitrogen and oxygen atoms in total. The Kier molecular flexibility index (Phi) is 5.06. The van der Waals surface area contributed by atoms with Gasteiger partial charge in [-0.15, -0.1) is 0 Å². The largest absolute Gasteiger partial charge is 0.294 e. The molecule has 4 rings (SSSR count). The lowest BCUT2D eigenvalue weighted by Gasteiger charge is -2.31. The predicted octanol–water partition coefficient (Wildman–Crippen LogP) is 3.42. The molecular weight excluding hydrogens is 403 g/mol. The van der Waals surface area contributed by atoms with Gasteiger partial charge in [0.25, 0.3) is 5.91 Å². The molecule has 2 aliphatic heterocycles. The Hall–Kier alpha value is -2.84. The molecule has 1 amide bonds. The molecule has 0 spiro atoms. The highest BCUT2D eigenvalue weighted by Gasteiger charge is 2.38. The van der Waals surface area contributed by atoms with Crippen molar-refractivity contribution in [2.45, 2.75) is 6.17 Å². The van der Waals surface area contributed by atoms with Gasteiger partial charge in [0.15, 0.2) is 11.0 Å². The second-order valence-corrected chi connectivity index (χ2v) is 7.36. The van der Waals surface area contributed by atoms with Gasteiger partial charge >= 0.3 is 0 Å². The number of fused-ring (bicyclic) bond motifs is 1. The van der Waals surface area contributed by atoms with E-state index in [1.165, 1.54) is 40.9 Å². The SMILES string of the molecule is O=C(CSC1=NNC2C(=O)N(c3ccc(F)cc3)C=CN12)c1ccccc1Cl. The number of hydrazone groups is 1. The van der Waals surface area contributed by atoms with Crippen molar-refractivity contribution in [2.24, 2.45) is 5.10 Å². The monoisotopic (exact) mass is 416 g/mol. The zero-order chi connectivity index (χ0) is 19.7.